The first-order chi connectivity index (χ1) is 9.32. The predicted octanol–water partition coefficient (Wildman–Crippen LogP) is 2.64. The van der Waals surface area contributed by atoms with Gasteiger partial charge in [-0.1, -0.05) is 0 Å². The molecule has 1 aromatic rings. The zero-order valence-electron chi connectivity index (χ0n) is 11.4. The highest BCUT2D eigenvalue weighted by molar-refractivity contribution is 7.98. The molecule has 0 radical (unpaired) electrons. The number of alkyl halides is 3. The lowest BCUT2D eigenvalue weighted by atomic mass is 10.3. The van der Waals surface area contributed by atoms with Crippen molar-refractivity contribution < 1.29 is 23.0 Å². The molecule has 1 aromatic carbocycles. The average molecular weight is 309 g/mol. The van der Waals surface area contributed by atoms with Crippen LogP contribution in [0.1, 0.15) is 0 Å². The normalized spacial score (nSPS) is 13.6. The number of rotatable bonds is 7. The molecule has 114 valence electrons. The average Bonchev–Trinajstić information content (AvgIpc) is 2.38. The molecule has 1 rings (SSSR count). The lowest BCUT2D eigenvalue weighted by Crippen LogP contribution is -2.40. The molecule has 20 heavy (non-hydrogen) atoms. The summed E-state index contributed by atoms with van der Waals surface area (Å²) >= 11 is 1.62. The second-order valence-corrected chi connectivity index (χ2v) is 5.22. The highest BCUT2D eigenvalue weighted by atomic mass is 32.2. The van der Waals surface area contributed by atoms with Crippen molar-refractivity contribution in [3.8, 4) is 5.75 Å². The third-order valence-corrected chi connectivity index (χ3v) is 3.41. The molecule has 0 aliphatic carbocycles. The van der Waals surface area contributed by atoms with E-state index in [9.17, 15) is 13.2 Å². The van der Waals surface area contributed by atoms with Gasteiger partial charge in [-0.25, -0.2) is 0 Å². The van der Waals surface area contributed by atoms with E-state index in [1.54, 1.807) is 11.8 Å². The molecule has 1 unspecified atom stereocenters. The standard InChI is InChI=1S/C13H18F3NO2S/c1-17(9-12(18)13(14,15)16)7-8-19-10-3-5-11(20-2)6-4-10/h3-6,12,18H,7-9H2,1-2H3. The van der Waals surface area contributed by atoms with E-state index in [0.717, 1.165) is 4.90 Å². The van der Waals surface area contributed by atoms with E-state index >= 15 is 0 Å². The first-order valence-electron chi connectivity index (χ1n) is 6.03. The van der Waals surface area contributed by atoms with Gasteiger partial charge in [0.1, 0.15) is 12.4 Å². The highest BCUT2D eigenvalue weighted by Crippen LogP contribution is 2.21. The van der Waals surface area contributed by atoms with Gasteiger partial charge in [0.05, 0.1) is 0 Å². The van der Waals surface area contributed by atoms with Gasteiger partial charge >= 0.3 is 6.18 Å². The summed E-state index contributed by atoms with van der Waals surface area (Å²) in [5.41, 5.74) is 0. The van der Waals surface area contributed by atoms with Crippen LogP contribution in [0.4, 0.5) is 13.2 Å². The number of aliphatic hydroxyl groups is 1. The van der Waals surface area contributed by atoms with Gasteiger partial charge in [0.25, 0.3) is 0 Å². The molecule has 0 spiro atoms. The minimum absolute atomic E-state index is 0.264. The summed E-state index contributed by atoms with van der Waals surface area (Å²) in [5, 5.41) is 8.92. The Morgan fingerprint density at radius 1 is 1.30 bits per heavy atom. The molecular weight excluding hydrogens is 291 g/mol. The molecular formula is C13H18F3NO2S. The van der Waals surface area contributed by atoms with Crippen molar-refractivity contribution >= 4 is 11.8 Å². The Morgan fingerprint density at radius 3 is 2.40 bits per heavy atom. The first kappa shape index (κ1) is 17.1. The molecule has 0 saturated heterocycles. The van der Waals surface area contributed by atoms with E-state index in [-0.39, 0.29) is 6.61 Å². The van der Waals surface area contributed by atoms with Gasteiger partial charge in [0.2, 0.25) is 0 Å². The molecule has 0 fully saturated rings. The maximum absolute atomic E-state index is 12.2. The van der Waals surface area contributed by atoms with Crippen LogP contribution in [0.3, 0.4) is 0 Å². The van der Waals surface area contributed by atoms with Gasteiger partial charge in [-0.15, -0.1) is 11.8 Å². The van der Waals surface area contributed by atoms with E-state index < -0.39 is 18.8 Å². The number of thioether (sulfide) groups is 1. The van der Waals surface area contributed by atoms with Crippen LogP contribution < -0.4 is 4.74 Å². The smallest absolute Gasteiger partial charge is 0.415 e. The molecule has 0 saturated carbocycles. The topological polar surface area (TPSA) is 32.7 Å². The Kier molecular flexibility index (Phi) is 6.64. The molecule has 0 bridgehead atoms. The van der Waals surface area contributed by atoms with Crippen LogP contribution in [-0.4, -0.2) is 55.3 Å². The van der Waals surface area contributed by atoms with Crippen molar-refractivity contribution in [2.24, 2.45) is 0 Å². The lowest BCUT2D eigenvalue weighted by molar-refractivity contribution is -0.207. The minimum Gasteiger partial charge on any atom is -0.492 e. The summed E-state index contributed by atoms with van der Waals surface area (Å²) in [6.07, 6.45) is -4.94. The van der Waals surface area contributed by atoms with Gasteiger partial charge in [0, 0.05) is 18.0 Å². The Morgan fingerprint density at radius 2 is 1.90 bits per heavy atom. The molecule has 0 aliphatic heterocycles. The van der Waals surface area contributed by atoms with Crippen LogP contribution in [0.2, 0.25) is 0 Å². The van der Waals surface area contributed by atoms with Crippen LogP contribution in [0.15, 0.2) is 29.2 Å². The zero-order chi connectivity index (χ0) is 15.2. The van der Waals surface area contributed by atoms with Gasteiger partial charge in [0.15, 0.2) is 6.10 Å². The van der Waals surface area contributed by atoms with Crippen molar-refractivity contribution in [2.75, 3.05) is 33.0 Å². The van der Waals surface area contributed by atoms with Crippen LogP contribution in [0, 0.1) is 0 Å². The van der Waals surface area contributed by atoms with E-state index in [2.05, 4.69) is 0 Å². The molecule has 0 heterocycles. The predicted molar refractivity (Wildman–Crippen MR) is 73.3 cm³/mol. The maximum atomic E-state index is 12.2. The van der Waals surface area contributed by atoms with Gasteiger partial charge in [-0.05, 0) is 37.6 Å². The maximum Gasteiger partial charge on any atom is 0.415 e. The Hall–Kier alpha value is -0.920. The van der Waals surface area contributed by atoms with Crippen molar-refractivity contribution in [1.29, 1.82) is 0 Å². The monoisotopic (exact) mass is 309 g/mol. The molecule has 0 aliphatic rings. The second kappa shape index (κ2) is 7.75. The van der Waals surface area contributed by atoms with Crippen LogP contribution in [-0.2, 0) is 0 Å². The summed E-state index contributed by atoms with van der Waals surface area (Å²) in [6, 6.07) is 7.46. The third kappa shape index (κ3) is 6.02. The SMILES string of the molecule is CSc1ccc(OCCN(C)CC(O)C(F)(F)F)cc1. The number of hydrogen-bond donors (Lipinski definition) is 1. The number of hydrogen-bond acceptors (Lipinski definition) is 4. The Labute approximate surface area is 120 Å². The number of nitrogens with zero attached hydrogens (tertiary/aromatic N) is 1. The Balaban J connectivity index is 2.29. The zero-order valence-corrected chi connectivity index (χ0v) is 12.2. The number of halogens is 3. The number of ether oxygens (including phenoxy) is 1. The summed E-state index contributed by atoms with van der Waals surface area (Å²) in [7, 11) is 1.51. The van der Waals surface area contributed by atoms with Crippen LogP contribution in [0.25, 0.3) is 0 Å². The molecule has 1 N–H and O–H groups in total. The van der Waals surface area contributed by atoms with Gasteiger partial charge in [-0.3, -0.25) is 0 Å². The summed E-state index contributed by atoms with van der Waals surface area (Å²) < 4.78 is 41.9. The quantitative estimate of drug-likeness (QED) is 0.785. The third-order valence-electron chi connectivity index (χ3n) is 2.66. The van der Waals surface area contributed by atoms with E-state index in [4.69, 9.17) is 9.84 Å². The molecule has 7 heteroatoms. The second-order valence-electron chi connectivity index (χ2n) is 4.34. The van der Waals surface area contributed by atoms with Crippen molar-refractivity contribution in [3.05, 3.63) is 24.3 Å². The van der Waals surface area contributed by atoms with Gasteiger partial charge in [-0.2, -0.15) is 13.2 Å². The molecule has 0 aromatic heterocycles. The van der Waals surface area contributed by atoms with Gasteiger partial charge < -0.3 is 14.7 Å². The first-order valence-corrected chi connectivity index (χ1v) is 7.25. The van der Waals surface area contributed by atoms with Crippen LogP contribution >= 0.6 is 11.8 Å². The summed E-state index contributed by atoms with van der Waals surface area (Å²) in [4.78, 5) is 2.50. The van der Waals surface area contributed by atoms with Crippen molar-refractivity contribution in [1.82, 2.24) is 4.90 Å². The minimum atomic E-state index is -4.58. The molecule has 3 nitrogen and oxygen atoms in total. The number of benzene rings is 1. The van der Waals surface area contributed by atoms with E-state index in [1.807, 2.05) is 30.5 Å². The van der Waals surface area contributed by atoms with Crippen LogP contribution in [0.5, 0.6) is 5.75 Å². The highest BCUT2D eigenvalue weighted by Gasteiger charge is 2.38. The van der Waals surface area contributed by atoms with E-state index in [1.165, 1.54) is 11.9 Å². The number of aliphatic hydroxyl groups excluding tert-OH is 1. The van der Waals surface area contributed by atoms with E-state index in [0.29, 0.717) is 12.3 Å². The van der Waals surface area contributed by atoms with Crippen molar-refractivity contribution in [3.63, 3.8) is 0 Å². The molecule has 1 atom stereocenters. The number of likely N-dealkylation sites (N-methyl/N-ethyl adjacent to an activating group) is 1. The Bertz CT molecular complexity index is 398. The largest absolute Gasteiger partial charge is 0.492 e. The summed E-state index contributed by atoms with van der Waals surface area (Å²) in [6.45, 7) is 0.107. The fourth-order valence-corrected chi connectivity index (χ4v) is 1.89. The van der Waals surface area contributed by atoms with Crippen molar-refractivity contribution in [2.45, 2.75) is 17.2 Å². The lowest BCUT2D eigenvalue weighted by Gasteiger charge is -2.22. The summed E-state index contributed by atoms with van der Waals surface area (Å²) in [5.74, 6) is 0.674. The molecule has 0 amide bonds. The fraction of sp³-hybridized carbons (Fsp3) is 0.538. The fourth-order valence-electron chi connectivity index (χ4n) is 1.48.